The molecule has 0 radical (unpaired) electrons. The Hall–Kier alpha value is -2.34. The van der Waals surface area contributed by atoms with Crippen molar-refractivity contribution >= 4 is 11.7 Å². The maximum Gasteiger partial charge on any atom is 0.322 e. The highest BCUT2D eigenvalue weighted by Gasteiger charge is 2.17. The molecular weight excluding hydrogens is 268 g/mol. The minimum atomic E-state index is -0.271. The second-order valence-electron chi connectivity index (χ2n) is 4.96. The second kappa shape index (κ2) is 6.41. The summed E-state index contributed by atoms with van der Waals surface area (Å²) in [7, 11) is 1.65. The van der Waals surface area contributed by atoms with Crippen LogP contribution in [0.4, 0.5) is 10.5 Å². The van der Waals surface area contributed by atoms with Crippen LogP contribution in [-0.4, -0.2) is 45.5 Å². The van der Waals surface area contributed by atoms with Gasteiger partial charge in [-0.3, -0.25) is 0 Å². The lowest BCUT2D eigenvalue weighted by molar-refractivity contribution is 0.166. The molecule has 0 spiro atoms. The van der Waals surface area contributed by atoms with E-state index in [0.717, 1.165) is 11.4 Å². The van der Waals surface area contributed by atoms with Gasteiger partial charge in [-0.1, -0.05) is 18.2 Å². The van der Waals surface area contributed by atoms with Crippen molar-refractivity contribution in [1.29, 1.82) is 0 Å². The van der Waals surface area contributed by atoms with Crippen molar-refractivity contribution < 1.29 is 9.90 Å². The van der Waals surface area contributed by atoms with Gasteiger partial charge in [0.15, 0.2) is 0 Å². The molecule has 112 valence electrons. The number of amides is 2. The van der Waals surface area contributed by atoms with E-state index in [2.05, 4.69) is 10.4 Å². The summed E-state index contributed by atoms with van der Waals surface area (Å²) < 4.78 is 1.77. The molecule has 0 saturated carbocycles. The zero-order valence-electron chi connectivity index (χ0n) is 12.4. The topological polar surface area (TPSA) is 70.4 Å². The van der Waals surface area contributed by atoms with Gasteiger partial charge >= 0.3 is 6.03 Å². The Morgan fingerprint density at radius 3 is 2.71 bits per heavy atom. The van der Waals surface area contributed by atoms with Gasteiger partial charge in [-0.15, -0.1) is 0 Å². The van der Waals surface area contributed by atoms with Crippen molar-refractivity contribution in [3.8, 4) is 5.69 Å². The molecule has 1 aromatic heterocycles. The highest BCUT2D eigenvalue weighted by molar-refractivity contribution is 5.89. The predicted octanol–water partition coefficient (Wildman–Crippen LogP) is 2.03. The molecule has 1 unspecified atom stereocenters. The molecule has 0 bridgehead atoms. The number of carbonyl (C=O) groups excluding carboxylic acids is 1. The minimum Gasteiger partial charge on any atom is -0.394 e. The van der Waals surface area contributed by atoms with Crippen molar-refractivity contribution in [2.45, 2.75) is 19.9 Å². The van der Waals surface area contributed by atoms with Crippen molar-refractivity contribution in [3.05, 3.63) is 42.2 Å². The molecule has 2 amide bonds. The highest BCUT2D eigenvalue weighted by atomic mass is 16.3. The SMILES string of the molecule is Cc1c(NC(=O)N(C)C(C)CO)cnn1-c1ccccc1. The predicted molar refractivity (Wildman–Crippen MR) is 81.6 cm³/mol. The van der Waals surface area contributed by atoms with Gasteiger partial charge in [0.1, 0.15) is 0 Å². The molecule has 0 aliphatic rings. The average Bonchev–Trinajstić information content (AvgIpc) is 2.87. The molecular formula is C15H20N4O2. The first-order chi connectivity index (χ1) is 10.0. The number of likely N-dealkylation sites (N-methyl/N-ethyl adjacent to an activating group) is 1. The first-order valence-electron chi connectivity index (χ1n) is 6.79. The maximum atomic E-state index is 12.1. The average molecular weight is 288 g/mol. The van der Waals surface area contributed by atoms with Crippen molar-refractivity contribution in [3.63, 3.8) is 0 Å². The summed E-state index contributed by atoms with van der Waals surface area (Å²) in [5.74, 6) is 0. The van der Waals surface area contributed by atoms with Crippen molar-refractivity contribution in [2.75, 3.05) is 19.0 Å². The Morgan fingerprint density at radius 2 is 2.10 bits per heavy atom. The molecule has 6 nitrogen and oxygen atoms in total. The molecule has 1 atom stereocenters. The number of nitrogens with zero attached hydrogens (tertiary/aromatic N) is 3. The van der Waals surface area contributed by atoms with Gasteiger partial charge < -0.3 is 15.3 Å². The van der Waals surface area contributed by atoms with Crippen LogP contribution < -0.4 is 5.32 Å². The number of benzene rings is 1. The van der Waals surface area contributed by atoms with Crippen LogP contribution in [0, 0.1) is 6.92 Å². The van der Waals surface area contributed by atoms with E-state index < -0.39 is 0 Å². The Kier molecular flexibility index (Phi) is 4.59. The Bertz CT molecular complexity index is 609. The van der Waals surface area contributed by atoms with Crippen LogP contribution in [0.1, 0.15) is 12.6 Å². The quantitative estimate of drug-likeness (QED) is 0.904. The summed E-state index contributed by atoms with van der Waals surface area (Å²) in [6, 6.07) is 9.20. The van der Waals surface area contributed by atoms with Crippen LogP contribution in [0.25, 0.3) is 5.69 Å². The fourth-order valence-electron chi connectivity index (χ4n) is 1.89. The Balaban J connectivity index is 2.16. The highest BCUT2D eigenvalue weighted by Crippen LogP contribution is 2.18. The van der Waals surface area contributed by atoms with Gasteiger partial charge in [-0.05, 0) is 26.0 Å². The van der Waals surface area contributed by atoms with Crippen LogP contribution >= 0.6 is 0 Å². The van der Waals surface area contributed by atoms with Crippen LogP contribution in [0.3, 0.4) is 0 Å². The number of urea groups is 1. The van der Waals surface area contributed by atoms with Gasteiger partial charge in [-0.25, -0.2) is 9.48 Å². The Morgan fingerprint density at radius 1 is 1.43 bits per heavy atom. The van der Waals surface area contributed by atoms with Crippen LogP contribution in [0.15, 0.2) is 36.5 Å². The molecule has 1 aromatic carbocycles. The molecule has 0 fully saturated rings. The number of aliphatic hydroxyl groups is 1. The number of aliphatic hydroxyl groups excluding tert-OH is 1. The lowest BCUT2D eigenvalue weighted by Gasteiger charge is -2.23. The summed E-state index contributed by atoms with van der Waals surface area (Å²) in [4.78, 5) is 13.5. The molecule has 0 aliphatic heterocycles. The summed E-state index contributed by atoms with van der Waals surface area (Å²) in [5, 5.41) is 16.2. The minimum absolute atomic E-state index is 0.0772. The van der Waals surface area contributed by atoms with Crippen molar-refractivity contribution in [2.24, 2.45) is 0 Å². The first-order valence-corrected chi connectivity index (χ1v) is 6.79. The molecule has 0 saturated heterocycles. The number of anilines is 1. The van der Waals surface area contributed by atoms with Gasteiger partial charge in [0.25, 0.3) is 0 Å². The fraction of sp³-hybridized carbons (Fsp3) is 0.333. The summed E-state index contributed by atoms with van der Waals surface area (Å²) in [6.07, 6.45) is 1.62. The standard InChI is InChI=1S/C15H20N4O2/c1-11(10-20)18(3)15(21)17-14-9-16-19(12(14)2)13-7-5-4-6-8-13/h4-9,11,20H,10H2,1-3H3,(H,17,21). The third kappa shape index (κ3) is 3.22. The molecule has 6 heteroatoms. The number of rotatable bonds is 4. The maximum absolute atomic E-state index is 12.1. The zero-order valence-corrected chi connectivity index (χ0v) is 12.4. The number of hydrogen-bond acceptors (Lipinski definition) is 3. The molecule has 2 aromatic rings. The lowest BCUT2D eigenvalue weighted by atomic mass is 10.3. The lowest BCUT2D eigenvalue weighted by Crippen LogP contribution is -2.40. The summed E-state index contributed by atoms with van der Waals surface area (Å²) >= 11 is 0. The third-order valence-corrected chi connectivity index (χ3v) is 3.50. The van der Waals surface area contributed by atoms with Crippen LogP contribution in [0.2, 0.25) is 0 Å². The van der Waals surface area contributed by atoms with E-state index in [1.807, 2.05) is 37.3 Å². The van der Waals surface area contributed by atoms with Crippen LogP contribution in [-0.2, 0) is 0 Å². The normalized spacial score (nSPS) is 12.0. The van der Waals surface area contributed by atoms with Gasteiger partial charge in [0, 0.05) is 7.05 Å². The molecule has 0 aliphatic carbocycles. The van der Waals surface area contributed by atoms with Gasteiger partial charge in [0.05, 0.1) is 35.9 Å². The van der Waals surface area contributed by atoms with Gasteiger partial charge in [-0.2, -0.15) is 5.10 Å². The van der Waals surface area contributed by atoms with E-state index in [-0.39, 0.29) is 18.7 Å². The van der Waals surface area contributed by atoms with E-state index in [1.54, 1.807) is 24.9 Å². The second-order valence-corrected chi connectivity index (χ2v) is 4.96. The third-order valence-electron chi connectivity index (χ3n) is 3.50. The van der Waals surface area contributed by atoms with E-state index in [9.17, 15) is 4.79 Å². The number of aromatic nitrogens is 2. The van der Waals surface area contributed by atoms with E-state index >= 15 is 0 Å². The van der Waals surface area contributed by atoms with E-state index in [0.29, 0.717) is 5.69 Å². The smallest absolute Gasteiger partial charge is 0.322 e. The Labute approximate surface area is 124 Å². The molecule has 1 heterocycles. The molecule has 21 heavy (non-hydrogen) atoms. The number of carbonyl (C=O) groups is 1. The molecule has 2 N–H and O–H groups in total. The van der Waals surface area contributed by atoms with Crippen molar-refractivity contribution in [1.82, 2.24) is 14.7 Å². The van der Waals surface area contributed by atoms with Crippen LogP contribution in [0.5, 0.6) is 0 Å². The van der Waals surface area contributed by atoms with E-state index in [4.69, 9.17) is 5.11 Å². The zero-order chi connectivity index (χ0) is 15.4. The first kappa shape index (κ1) is 15.1. The van der Waals surface area contributed by atoms with E-state index in [1.165, 1.54) is 4.90 Å². The number of nitrogens with one attached hydrogen (secondary N) is 1. The number of para-hydroxylation sites is 1. The monoisotopic (exact) mass is 288 g/mol. The summed E-state index contributed by atoms with van der Waals surface area (Å²) in [6.45, 7) is 3.59. The number of hydrogen-bond donors (Lipinski definition) is 2. The molecule has 2 rings (SSSR count). The fourth-order valence-corrected chi connectivity index (χ4v) is 1.89. The van der Waals surface area contributed by atoms with Gasteiger partial charge in [0.2, 0.25) is 0 Å². The summed E-state index contributed by atoms with van der Waals surface area (Å²) in [5.41, 5.74) is 2.44. The largest absolute Gasteiger partial charge is 0.394 e.